The van der Waals surface area contributed by atoms with E-state index in [2.05, 4.69) is 15.5 Å². The van der Waals surface area contributed by atoms with Crippen LogP contribution in [0.5, 0.6) is 0 Å². The molecule has 1 aromatic heterocycles. The zero-order valence-corrected chi connectivity index (χ0v) is 16.4. The molecule has 28 heavy (non-hydrogen) atoms. The van der Waals surface area contributed by atoms with E-state index in [0.29, 0.717) is 0 Å². The number of rotatable bonds is 6. The molecule has 3 rings (SSSR count). The average molecular weight is 409 g/mol. The van der Waals surface area contributed by atoms with Crippen LogP contribution >= 0.6 is 0 Å². The number of hydrogen-bond donors (Lipinski definition) is 1. The molecule has 1 aliphatic carbocycles. The zero-order valence-electron chi connectivity index (χ0n) is 15.6. The molecule has 7 nitrogen and oxygen atoms in total. The molecule has 1 aromatic carbocycles. The van der Waals surface area contributed by atoms with E-state index in [1.54, 1.807) is 0 Å². The van der Waals surface area contributed by atoms with Gasteiger partial charge in [-0.05, 0) is 37.1 Å². The molecule has 1 aliphatic rings. The van der Waals surface area contributed by atoms with E-state index in [0.717, 1.165) is 37.8 Å². The van der Waals surface area contributed by atoms with Gasteiger partial charge in [-0.3, -0.25) is 4.79 Å². The van der Waals surface area contributed by atoms with Crippen molar-refractivity contribution < 1.29 is 22.1 Å². The third-order valence-corrected chi connectivity index (χ3v) is 6.60. The summed E-state index contributed by atoms with van der Waals surface area (Å²) in [5, 5.41) is 6.63. The van der Waals surface area contributed by atoms with Crippen molar-refractivity contribution in [2.24, 2.45) is 0 Å². The van der Waals surface area contributed by atoms with Gasteiger partial charge in [0.05, 0.1) is 10.6 Å². The van der Waals surface area contributed by atoms with Crippen molar-refractivity contribution in [3.05, 3.63) is 41.8 Å². The molecule has 1 fully saturated rings. The highest BCUT2D eigenvalue weighted by molar-refractivity contribution is 7.91. The van der Waals surface area contributed by atoms with Crippen LogP contribution in [0.3, 0.4) is 0 Å². The summed E-state index contributed by atoms with van der Waals surface area (Å²) in [6, 6.07) is 4.73. The molecule has 9 heteroatoms. The topological polar surface area (TPSA) is 102 Å². The van der Waals surface area contributed by atoms with Crippen LogP contribution in [0.25, 0.3) is 0 Å². The first kappa shape index (κ1) is 20.4. The highest BCUT2D eigenvalue weighted by Crippen LogP contribution is 2.17. The second kappa shape index (κ2) is 9.27. The number of sulfone groups is 1. The smallest absolute Gasteiger partial charge is 0.315 e. The first-order chi connectivity index (χ1) is 13.4. The van der Waals surface area contributed by atoms with E-state index >= 15 is 0 Å². The number of carbonyl (C=O) groups excluding carboxylic acids is 1. The maximum Gasteiger partial charge on any atom is 0.315 e. The maximum absolute atomic E-state index is 12.9. The second-order valence-corrected chi connectivity index (χ2v) is 9.16. The normalized spacial score (nSPS) is 16.3. The summed E-state index contributed by atoms with van der Waals surface area (Å²) in [5.74, 6) is -1.20. The number of nitrogens with one attached hydrogen (secondary N) is 1. The predicted octanol–water partition coefficient (Wildman–Crippen LogP) is 3.07. The highest BCUT2D eigenvalue weighted by Gasteiger charge is 2.21. The third-order valence-electron chi connectivity index (χ3n) is 4.87. The zero-order chi connectivity index (χ0) is 20.0. The number of amides is 1. The summed E-state index contributed by atoms with van der Waals surface area (Å²) in [5.41, 5.74) is 0. The molecule has 152 valence electrons. The predicted molar refractivity (Wildman–Crippen MR) is 100 cm³/mol. The summed E-state index contributed by atoms with van der Waals surface area (Å²) in [7, 11) is -3.61. The van der Waals surface area contributed by atoms with Crippen molar-refractivity contribution in [2.45, 2.75) is 62.3 Å². The molecule has 1 amide bonds. The molecular formula is C19H24FN3O4S. The van der Waals surface area contributed by atoms with Gasteiger partial charge in [0.2, 0.25) is 0 Å². The number of benzene rings is 1. The quantitative estimate of drug-likeness (QED) is 0.736. The molecule has 0 radical (unpaired) electrons. The molecule has 0 atom stereocenters. The van der Waals surface area contributed by atoms with Crippen molar-refractivity contribution in [1.29, 1.82) is 0 Å². The molecule has 1 saturated carbocycles. The number of carbonyl (C=O) groups is 1. The van der Waals surface area contributed by atoms with Gasteiger partial charge in [0, 0.05) is 12.5 Å². The Morgan fingerprint density at radius 3 is 2.43 bits per heavy atom. The van der Waals surface area contributed by atoms with E-state index in [1.807, 2.05) is 0 Å². The van der Waals surface area contributed by atoms with Crippen LogP contribution < -0.4 is 5.32 Å². The Hall–Kier alpha value is -2.29. The van der Waals surface area contributed by atoms with E-state index in [-0.39, 0.29) is 34.8 Å². The largest absolute Gasteiger partial charge is 0.345 e. The average Bonchev–Trinajstić information content (AvgIpc) is 3.12. The van der Waals surface area contributed by atoms with Gasteiger partial charge in [-0.25, -0.2) is 12.8 Å². The number of halogens is 1. The molecule has 0 spiro atoms. The van der Waals surface area contributed by atoms with Crippen LogP contribution in [0.1, 0.15) is 61.5 Å². The molecule has 2 aromatic rings. The van der Waals surface area contributed by atoms with Gasteiger partial charge >= 0.3 is 11.8 Å². The van der Waals surface area contributed by atoms with Crippen LogP contribution in [-0.4, -0.2) is 36.3 Å². The molecule has 0 unspecified atom stereocenters. The molecule has 1 N–H and O–H groups in total. The summed E-state index contributed by atoms with van der Waals surface area (Å²) in [4.78, 5) is 16.4. The summed E-state index contributed by atoms with van der Waals surface area (Å²) in [6.45, 7) is 0. The number of hydrogen-bond acceptors (Lipinski definition) is 6. The van der Waals surface area contributed by atoms with Gasteiger partial charge in [-0.15, -0.1) is 0 Å². The number of aromatic nitrogens is 2. The van der Waals surface area contributed by atoms with Crippen molar-refractivity contribution in [3.63, 3.8) is 0 Å². The highest BCUT2D eigenvalue weighted by atomic mass is 32.2. The Labute approximate surface area is 163 Å². The first-order valence-corrected chi connectivity index (χ1v) is 11.2. The van der Waals surface area contributed by atoms with Crippen molar-refractivity contribution >= 4 is 15.7 Å². The Kier molecular flexibility index (Phi) is 6.77. The van der Waals surface area contributed by atoms with Crippen molar-refractivity contribution in [2.75, 3.05) is 5.75 Å². The lowest BCUT2D eigenvalue weighted by Gasteiger charge is -2.19. The van der Waals surface area contributed by atoms with Crippen LogP contribution in [0.2, 0.25) is 0 Å². The number of nitrogens with zero attached hydrogens (tertiary/aromatic N) is 2. The van der Waals surface area contributed by atoms with Crippen molar-refractivity contribution in [3.8, 4) is 0 Å². The maximum atomic E-state index is 12.9. The minimum Gasteiger partial charge on any atom is -0.345 e. The van der Waals surface area contributed by atoms with Crippen LogP contribution in [0.4, 0.5) is 4.39 Å². The SMILES string of the molecule is O=C(NC1CCCCCCC1)c1nc(CCS(=O)(=O)c2ccc(F)cc2)no1. The summed E-state index contributed by atoms with van der Waals surface area (Å²) in [6.07, 6.45) is 7.64. The third kappa shape index (κ3) is 5.60. The van der Waals surface area contributed by atoms with Gasteiger partial charge in [0.1, 0.15) is 5.82 Å². The van der Waals surface area contributed by atoms with Crippen LogP contribution in [0.15, 0.2) is 33.7 Å². The molecule has 0 bridgehead atoms. The fourth-order valence-electron chi connectivity index (χ4n) is 3.28. The Morgan fingerprint density at radius 1 is 1.11 bits per heavy atom. The number of aryl methyl sites for hydroxylation is 1. The Morgan fingerprint density at radius 2 is 1.75 bits per heavy atom. The molecular weight excluding hydrogens is 385 g/mol. The summed E-state index contributed by atoms with van der Waals surface area (Å²) >= 11 is 0. The van der Waals surface area contributed by atoms with Crippen molar-refractivity contribution in [1.82, 2.24) is 15.5 Å². The van der Waals surface area contributed by atoms with E-state index < -0.39 is 21.6 Å². The fourth-order valence-corrected chi connectivity index (χ4v) is 4.52. The Balaban J connectivity index is 1.56. The van der Waals surface area contributed by atoms with E-state index in [4.69, 9.17) is 4.52 Å². The van der Waals surface area contributed by atoms with Crippen LogP contribution in [0, 0.1) is 5.82 Å². The Bertz CT molecular complexity index is 888. The summed E-state index contributed by atoms with van der Waals surface area (Å²) < 4.78 is 42.5. The van der Waals surface area contributed by atoms with Gasteiger partial charge in [0.25, 0.3) is 0 Å². The second-order valence-electron chi connectivity index (χ2n) is 7.05. The lowest BCUT2D eigenvalue weighted by molar-refractivity contribution is 0.0886. The first-order valence-electron chi connectivity index (χ1n) is 9.56. The van der Waals surface area contributed by atoms with Gasteiger partial charge in [-0.2, -0.15) is 4.98 Å². The van der Waals surface area contributed by atoms with Gasteiger partial charge in [0.15, 0.2) is 15.7 Å². The molecule has 0 aliphatic heterocycles. The van der Waals surface area contributed by atoms with Gasteiger partial charge in [-0.1, -0.05) is 37.3 Å². The fraction of sp³-hybridized carbons (Fsp3) is 0.526. The molecule has 1 heterocycles. The van der Waals surface area contributed by atoms with Gasteiger partial charge < -0.3 is 9.84 Å². The van der Waals surface area contributed by atoms with E-state index in [1.165, 1.54) is 31.4 Å². The minimum atomic E-state index is -3.61. The standard InChI is InChI=1S/C19H24FN3O4S/c20-14-8-10-16(11-9-14)28(25,26)13-12-17-22-19(27-23-17)18(24)21-15-6-4-2-1-3-5-7-15/h8-11,15H,1-7,12-13H2,(H,21,24). The van der Waals surface area contributed by atoms with Crippen LogP contribution in [-0.2, 0) is 16.3 Å². The lowest BCUT2D eigenvalue weighted by Crippen LogP contribution is -2.35. The monoisotopic (exact) mass is 409 g/mol. The lowest BCUT2D eigenvalue weighted by atomic mass is 9.97. The minimum absolute atomic E-state index is 0.0000810. The van der Waals surface area contributed by atoms with E-state index in [9.17, 15) is 17.6 Å². The molecule has 0 saturated heterocycles.